The van der Waals surface area contributed by atoms with Crippen LogP contribution in [0.3, 0.4) is 0 Å². The molecule has 0 unspecified atom stereocenters. The minimum absolute atomic E-state index is 0.0400. The van der Waals surface area contributed by atoms with Crippen LogP contribution in [0.15, 0.2) is 28.8 Å². The number of urea groups is 1. The summed E-state index contributed by atoms with van der Waals surface area (Å²) in [5.41, 5.74) is 0.843. The maximum atomic E-state index is 12.2. The molecule has 0 radical (unpaired) electrons. The molecule has 1 aliphatic rings. The van der Waals surface area contributed by atoms with E-state index in [2.05, 4.69) is 20.4 Å². The second-order valence-electron chi connectivity index (χ2n) is 6.35. The van der Waals surface area contributed by atoms with Crippen molar-refractivity contribution < 1.29 is 9.32 Å². The normalized spacial score (nSPS) is 17.3. The van der Waals surface area contributed by atoms with E-state index in [1.807, 2.05) is 31.1 Å². The van der Waals surface area contributed by atoms with E-state index in [0.29, 0.717) is 35.7 Å². The van der Waals surface area contributed by atoms with Crippen molar-refractivity contribution in [3.8, 4) is 11.4 Å². The molecule has 2 amide bonds. The minimum atomic E-state index is -0.0400. The quantitative estimate of drug-likeness (QED) is 0.882. The second-order valence-corrected chi connectivity index (χ2v) is 6.79. The number of carbonyl (C=O) groups excluding carboxylic acids is 1. The van der Waals surface area contributed by atoms with E-state index < -0.39 is 0 Å². The average Bonchev–Trinajstić information content (AvgIpc) is 3.25. The molecule has 2 aromatic rings. The average molecular weight is 364 g/mol. The summed E-state index contributed by atoms with van der Waals surface area (Å²) in [4.78, 5) is 20.5. The molecule has 8 heteroatoms. The van der Waals surface area contributed by atoms with Gasteiger partial charge in [0.05, 0.1) is 0 Å². The lowest BCUT2D eigenvalue weighted by molar-refractivity contribution is 0.203. The summed E-state index contributed by atoms with van der Waals surface area (Å²) in [6.45, 7) is 2.01. The van der Waals surface area contributed by atoms with E-state index >= 15 is 0 Å². The summed E-state index contributed by atoms with van der Waals surface area (Å²) in [6, 6.07) is 7.64. The molecule has 1 aromatic carbocycles. The number of likely N-dealkylation sites (N-methyl/N-ethyl adjacent to an activating group) is 1. The molecular weight excluding hydrogens is 342 g/mol. The van der Waals surface area contributed by atoms with Gasteiger partial charge in [-0.15, -0.1) is 0 Å². The molecule has 1 fully saturated rings. The molecule has 134 valence electrons. The number of nitrogens with zero attached hydrogens (tertiary/aromatic N) is 4. The van der Waals surface area contributed by atoms with Gasteiger partial charge in [0.1, 0.15) is 0 Å². The van der Waals surface area contributed by atoms with Crippen LogP contribution in [-0.4, -0.2) is 65.7 Å². The van der Waals surface area contributed by atoms with Crippen LogP contribution in [-0.2, 0) is 6.42 Å². The molecule has 1 aromatic heterocycles. The Hall–Kier alpha value is -2.12. The SMILES string of the molecule is CN(C)[C@@H]1CCN(C(=O)NCCc2nc(-c3ccc(Cl)cc3)no2)C1. The van der Waals surface area contributed by atoms with Crippen molar-refractivity contribution in [3.63, 3.8) is 0 Å². The van der Waals surface area contributed by atoms with Gasteiger partial charge in [0.15, 0.2) is 0 Å². The molecule has 0 spiro atoms. The van der Waals surface area contributed by atoms with Crippen molar-refractivity contribution in [2.75, 3.05) is 33.7 Å². The van der Waals surface area contributed by atoms with Crippen LogP contribution in [0.2, 0.25) is 5.02 Å². The summed E-state index contributed by atoms with van der Waals surface area (Å²) in [7, 11) is 4.08. The molecular formula is C17H22ClN5O2. The highest BCUT2D eigenvalue weighted by Crippen LogP contribution is 2.18. The summed E-state index contributed by atoms with van der Waals surface area (Å²) in [5, 5.41) is 7.54. The Morgan fingerprint density at radius 1 is 1.40 bits per heavy atom. The maximum Gasteiger partial charge on any atom is 0.317 e. The topological polar surface area (TPSA) is 74.5 Å². The summed E-state index contributed by atoms with van der Waals surface area (Å²) < 4.78 is 5.24. The van der Waals surface area contributed by atoms with Gasteiger partial charge in [-0.1, -0.05) is 16.8 Å². The fraction of sp³-hybridized carbons (Fsp3) is 0.471. The lowest BCUT2D eigenvalue weighted by Gasteiger charge is -2.20. The van der Waals surface area contributed by atoms with Gasteiger partial charge in [0, 0.05) is 42.7 Å². The van der Waals surface area contributed by atoms with Crippen LogP contribution in [0.4, 0.5) is 4.79 Å². The monoisotopic (exact) mass is 363 g/mol. The molecule has 3 rings (SSSR count). The number of nitrogens with one attached hydrogen (secondary N) is 1. The van der Waals surface area contributed by atoms with Crippen LogP contribution < -0.4 is 5.32 Å². The lowest BCUT2D eigenvalue weighted by Crippen LogP contribution is -2.41. The standard InChI is InChI=1S/C17H22ClN5O2/c1-22(2)14-8-10-23(11-14)17(24)19-9-7-15-20-16(21-25-15)12-3-5-13(18)6-4-12/h3-6,14H,7-11H2,1-2H3,(H,19,24)/t14-/m1/s1. The van der Waals surface area contributed by atoms with E-state index in [0.717, 1.165) is 25.1 Å². The summed E-state index contributed by atoms with van der Waals surface area (Å²) in [5.74, 6) is 1.02. The largest absolute Gasteiger partial charge is 0.339 e. The molecule has 0 aliphatic carbocycles. The van der Waals surface area contributed by atoms with Crippen LogP contribution in [0, 0.1) is 0 Å². The Balaban J connectivity index is 1.46. The van der Waals surface area contributed by atoms with Gasteiger partial charge in [-0.05, 0) is 44.8 Å². The predicted molar refractivity (Wildman–Crippen MR) is 95.5 cm³/mol. The number of hydrogen-bond donors (Lipinski definition) is 1. The van der Waals surface area contributed by atoms with Crippen LogP contribution in [0.25, 0.3) is 11.4 Å². The number of likely N-dealkylation sites (tertiary alicyclic amines) is 1. The Morgan fingerprint density at radius 3 is 2.84 bits per heavy atom. The molecule has 1 N–H and O–H groups in total. The van der Waals surface area contributed by atoms with Crippen LogP contribution in [0.5, 0.6) is 0 Å². The van der Waals surface area contributed by atoms with Gasteiger partial charge >= 0.3 is 6.03 Å². The lowest BCUT2D eigenvalue weighted by atomic mass is 10.2. The van der Waals surface area contributed by atoms with Crippen molar-refractivity contribution >= 4 is 17.6 Å². The van der Waals surface area contributed by atoms with Gasteiger partial charge in [0.25, 0.3) is 0 Å². The van der Waals surface area contributed by atoms with Crippen molar-refractivity contribution in [3.05, 3.63) is 35.2 Å². The molecule has 0 bridgehead atoms. The minimum Gasteiger partial charge on any atom is -0.339 e. The zero-order chi connectivity index (χ0) is 17.8. The van der Waals surface area contributed by atoms with Gasteiger partial charge < -0.3 is 19.6 Å². The van der Waals surface area contributed by atoms with Crippen molar-refractivity contribution in [1.29, 1.82) is 0 Å². The molecule has 2 heterocycles. The number of benzene rings is 1. The first-order valence-electron chi connectivity index (χ1n) is 8.30. The molecule has 1 saturated heterocycles. The first kappa shape index (κ1) is 17.7. The highest BCUT2D eigenvalue weighted by Gasteiger charge is 2.27. The van der Waals surface area contributed by atoms with E-state index in [1.54, 1.807) is 12.1 Å². The first-order valence-corrected chi connectivity index (χ1v) is 8.68. The van der Waals surface area contributed by atoms with E-state index in [9.17, 15) is 4.79 Å². The first-order chi connectivity index (χ1) is 12.0. The third-order valence-electron chi connectivity index (χ3n) is 4.37. The molecule has 7 nitrogen and oxygen atoms in total. The Morgan fingerprint density at radius 2 is 2.16 bits per heavy atom. The number of aromatic nitrogens is 2. The van der Waals surface area contributed by atoms with Gasteiger partial charge in [-0.3, -0.25) is 0 Å². The summed E-state index contributed by atoms with van der Waals surface area (Å²) in [6.07, 6.45) is 1.51. The van der Waals surface area contributed by atoms with E-state index in [1.165, 1.54) is 0 Å². The number of amides is 2. The van der Waals surface area contributed by atoms with Crippen LogP contribution >= 0.6 is 11.6 Å². The molecule has 25 heavy (non-hydrogen) atoms. The maximum absolute atomic E-state index is 12.2. The molecule has 1 aliphatic heterocycles. The number of hydrogen-bond acceptors (Lipinski definition) is 5. The third-order valence-corrected chi connectivity index (χ3v) is 4.62. The van der Waals surface area contributed by atoms with E-state index in [-0.39, 0.29) is 6.03 Å². The summed E-state index contributed by atoms with van der Waals surface area (Å²) >= 11 is 5.87. The van der Waals surface area contributed by atoms with Crippen molar-refractivity contribution in [2.24, 2.45) is 0 Å². The van der Waals surface area contributed by atoms with Gasteiger partial charge in [0.2, 0.25) is 11.7 Å². The van der Waals surface area contributed by atoms with Crippen molar-refractivity contribution in [1.82, 2.24) is 25.3 Å². The predicted octanol–water partition coefficient (Wildman–Crippen LogP) is 2.28. The van der Waals surface area contributed by atoms with Gasteiger partial charge in [-0.2, -0.15) is 4.98 Å². The fourth-order valence-electron chi connectivity index (χ4n) is 2.81. The smallest absolute Gasteiger partial charge is 0.317 e. The third kappa shape index (κ3) is 4.49. The molecule has 1 atom stereocenters. The molecule has 0 saturated carbocycles. The number of carbonyl (C=O) groups is 1. The van der Waals surface area contributed by atoms with Crippen LogP contribution in [0.1, 0.15) is 12.3 Å². The highest BCUT2D eigenvalue weighted by molar-refractivity contribution is 6.30. The van der Waals surface area contributed by atoms with Gasteiger partial charge in [-0.25, -0.2) is 4.79 Å². The van der Waals surface area contributed by atoms with E-state index in [4.69, 9.17) is 16.1 Å². The Labute approximate surface area is 151 Å². The Kier molecular flexibility index (Phi) is 5.55. The number of rotatable bonds is 5. The zero-order valence-electron chi connectivity index (χ0n) is 14.4. The highest BCUT2D eigenvalue weighted by atomic mass is 35.5. The Bertz CT molecular complexity index is 716. The zero-order valence-corrected chi connectivity index (χ0v) is 15.2. The number of halogens is 1. The fourth-order valence-corrected chi connectivity index (χ4v) is 2.93. The second kappa shape index (κ2) is 7.84. The van der Waals surface area contributed by atoms with Crippen molar-refractivity contribution in [2.45, 2.75) is 18.9 Å².